The molecule has 1 heterocycles. The molecule has 1 rings (SSSR count). The molecular weight excluding hydrogens is 90.1 g/mol. The molecule has 2 nitrogen and oxygen atoms in total. The van der Waals surface area contributed by atoms with E-state index >= 15 is 0 Å². The Morgan fingerprint density at radius 2 is 2.71 bits per heavy atom. The summed E-state index contributed by atoms with van der Waals surface area (Å²) in [7, 11) is 0. The van der Waals surface area contributed by atoms with E-state index in [1.807, 2.05) is 12.2 Å². The highest BCUT2D eigenvalue weighted by molar-refractivity contribution is 5.61. The topological polar surface area (TPSA) is 29.1 Å². The largest absolute Gasteiger partial charge is 0.301 e. The van der Waals surface area contributed by atoms with Crippen LogP contribution in [0.15, 0.2) is 12.2 Å². The van der Waals surface area contributed by atoms with E-state index in [-0.39, 0.29) is 6.04 Å². The molecule has 1 aliphatic heterocycles. The molecule has 0 radical (unpaired) electrons. The lowest BCUT2D eigenvalue weighted by atomic mass is 10.4. The molecule has 0 spiro atoms. The minimum Gasteiger partial charge on any atom is -0.301 e. The van der Waals surface area contributed by atoms with Gasteiger partial charge in [-0.05, 0) is 0 Å². The lowest BCUT2D eigenvalue weighted by Gasteiger charge is -1.93. The second-order valence-electron chi connectivity index (χ2n) is 1.50. The van der Waals surface area contributed by atoms with Crippen LogP contribution in [0.5, 0.6) is 0 Å². The summed E-state index contributed by atoms with van der Waals surface area (Å²) in [5.74, 6) is 0. The number of rotatable bonds is 1. The summed E-state index contributed by atoms with van der Waals surface area (Å²) in [5, 5.41) is 2.93. The second kappa shape index (κ2) is 1.89. The van der Waals surface area contributed by atoms with Crippen LogP contribution in [0.1, 0.15) is 0 Å². The van der Waals surface area contributed by atoms with E-state index in [2.05, 4.69) is 5.32 Å². The van der Waals surface area contributed by atoms with Gasteiger partial charge in [-0.15, -0.1) is 0 Å². The summed E-state index contributed by atoms with van der Waals surface area (Å²) in [4.78, 5) is 9.89. The van der Waals surface area contributed by atoms with Crippen LogP contribution < -0.4 is 5.32 Å². The van der Waals surface area contributed by atoms with Crippen LogP contribution in [0.2, 0.25) is 0 Å². The molecule has 0 aromatic heterocycles. The summed E-state index contributed by atoms with van der Waals surface area (Å²) in [5.41, 5.74) is 0. The SMILES string of the molecule is O=CC1C=CCN1. The third-order valence-electron chi connectivity index (χ3n) is 0.961. The highest BCUT2D eigenvalue weighted by Crippen LogP contribution is 1.88. The molecule has 7 heavy (non-hydrogen) atoms. The molecule has 1 N–H and O–H groups in total. The fraction of sp³-hybridized carbons (Fsp3) is 0.400. The Morgan fingerprint density at radius 1 is 1.86 bits per heavy atom. The molecule has 1 aliphatic rings. The van der Waals surface area contributed by atoms with Crippen molar-refractivity contribution in [1.82, 2.24) is 5.32 Å². The second-order valence-corrected chi connectivity index (χ2v) is 1.50. The summed E-state index contributed by atoms with van der Waals surface area (Å²) < 4.78 is 0. The number of hydrogen-bond acceptors (Lipinski definition) is 2. The lowest BCUT2D eigenvalue weighted by Crippen LogP contribution is -2.22. The average Bonchev–Trinajstić information content (AvgIpc) is 2.14. The van der Waals surface area contributed by atoms with Crippen molar-refractivity contribution in [2.75, 3.05) is 6.54 Å². The van der Waals surface area contributed by atoms with Crippen LogP contribution in [0.4, 0.5) is 0 Å². The number of hydrogen-bond donors (Lipinski definition) is 1. The maximum Gasteiger partial charge on any atom is 0.140 e. The standard InChI is InChI=1S/C5H7NO/c7-4-5-2-1-3-6-5/h1-2,4-6H,3H2. The zero-order valence-electron chi connectivity index (χ0n) is 3.92. The van der Waals surface area contributed by atoms with Crippen molar-refractivity contribution >= 4 is 6.29 Å². The van der Waals surface area contributed by atoms with Crippen molar-refractivity contribution in [3.63, 3.8) is 0 Å². The van der Waals surface area contributed by atoms with Crippen molar-refractivity contribution in [3.05, 3.63) is 12.2 Å². The summed E-state index contributed by atoms with van der Waals surface area (Å²) in [6, 6.07) is -0.0139. The van der Waals surface area contributed by atoms with Gasteiger partial charge in [0, 0.05) is 6.54 Å². The number of aldehydes is 1. The van der Waals surface area contributed by atoms with Crippen LogP contribution >= 0.6 is 0 Å². The third kappa shape index (κ3) is 0.871. The summed E-state index contributed by atoms with van der Waals surface area (Å²) in [6.45, 7) is 0.837. The molecule has 0 saturated heterocycles. The van der Waals surface area contributed by atoms with Crippen LogP contribution in [0.3, 0.4) is 0 Å². The van der Waals surface area contributed by atoms with E-state index in [0.717, 1.165) is 12.8 Å². The minimum absolute atomic E-state index is 0.0139. The van der Waals surface area contributed by atoms with Gasteiger partial charge in [0.2, 0.25) is 0 Å². The van der Waals surface area contributed by atoms with Gasteiger partial charge in [0.15, 0.2) is 0 Å². The first kappa shape index (κ1) is 4.53. The molecule has 38 valence electrons. The van der Waals surface area contributed by atoms with Gasteiger partial charge in [-0.2, -0.15) is 0 Å². The van der Waals surface area contributed by atoms with Gasteiger partial charge in [0.05, 0.1) is 6.04 Å². The van der Waals surface area contributed by atoms with E-state index in [9.17, 15) is 4.79 Å². The molecular formula is C5H7NO. The predicted octanol–water partition coefficient (Wildman–Crippen LogP) is -0.287. The molecule has 2 heteroatoms. The maximum absolute atomic E-state index is 9.89. The summed E-state index contributed by atoms with van der Waals surface area (Å²) in [6.07, 6.45) is 4.69. The van der Waals surface area contributed by atoms with E-state index in [1.165, 1.54) is 0 Å². The average molecular weight is 97.1 g/mol. The Hall–Kier alpha value is -0.630. The van der Waals surface area contributed by atoms with Crippen molar-refractivity contribution in [3.8, 4) is 0 Å². The normalized spacial score (nSPS) is 28.3. The van der Waals surface area contributed by atoms with Gasteiger partial charge in [-0.3, -0.25) is 0 Å². The van der Waals surface area contributed by atoms with Gasteiger partial charge in [0.25, 0.3) is 0 Å². The minimum atomic E-state index is -0.0139. The van der Waals surface area contributed by atoms with Crippen molar-refractivity contribution < 1.29 is 4.79 Å². The first-order chi connectivity index (χ1) is 3.43. The number of carbonyl (C=O) groups is 1. The number of carbonyl (C=O) groups excluding carboxylic acids is 1. The van der Waals surface area contributed by atoms with E-state index < -0.39 is 0 Å². The van der Waals surface area contributed by atoms with E-state index in [4.69, 9.17) is 0 Å². The molecule has 0 aromatic rings. The van der Waals surface area contributed by atoms with E-state index in [0.29, 0.717) is 0 Å². The van der Waals surface area contributed by atoms with Crippen LogP contribution in [-0.2, 0) is 4.79 Å². The Bertz CT molecular complexity index is 98.3. The molecule has 0 amide bonds. The van der Waals surface area contributed by atoms with E-state index in [1.54, 1.807) is 0 Å². The zero-order chi connectivity index (χ0) is 5.11. The summed E-state index contributed by atoms with van der Waals surface area (Å²) >= 11 is 0. The molecule has 0 fully saturated rings. The molecule has 0 aromatic carbocycles. The smallest absolute Gasteiger partial charge is 0.140 e. The van der Waals surface area contributed by atoms with Crippen molar-refractivity contribution in [2.45, 2.75) is 6.04 Å². The monoisotopic (exact) mass is 97.1 g/mol. The quantitative estimate of drug-likeness (QED) is 0.360. The Morgan fingerprint density at radius 3 is 3.00 bits per heavy atom. The van der Waals surface area contributed by atoms with Gasteiger partial charge in [-0.25, -0.2) is 0 Å². The molecule has 0 bridgehead atoms. The maximum atomic E-state index is 9.89. The van der Waals surface area contributed by atoms with Crippen LogP contribution in [0.25, 0.3) is 0 Å². The van der Waals surface area contributed by atoms with Crippen molar-refractivity contribution in [1.29, 1.82) is 0 Å². The highest BCUT2D eigenvalue weighted by Gasteiger charge is 2.02. The Balaban J connectivity index is 2.42. The van der Waals surface area contributed by atoms with Gasteiger partial charge >= 0.3 is 0 Å². The van der Waals surface area contributed by atoms with Gasteiger partial charge in [0.1, 0.15) is 6.29 Å². The fourth-order valence-corrected chi connectivity index (χ4v) is 0.580. The van der Waals surface area contributed by atoms with Crippen molar-refractivity contribution in [2.24, 2.45) is 0 Å². The predicted molar refractivity (Wildman–Crippen MR) is 27.0 cm³/mol. The first-order valence-corrected chi connectivity index (χ1v) is 2.29. The number of nitrogens with one attached hydrogen (secondary N) is 1. The first-order valence-electron chi connectivity index (χ1n) is 2.29. The Kier molecular flexibility index (Phi) is 1.22. The molecule has 0 aliphatic carbocycles. The molecule has 1 unspecified atom stereocenters. The third-order valence-corrected chi connectivity index (χ3v) is 0.961. The molecule has 1 atom stereocenters. The molecule has 0 saturated carbocycles. The highest BCUT2D eigenvalue weighted by atomic mass is 16.1. The van der Waals surface area contributed by atoms with Gasteiger partial charge < -0.3 is 10.1 Å². The zero-order valence-corrected chi connectivity index (χ0v) is 3.92. The Labute approximate surface area is 42.2 Å². The fourth-order valence-electron chi connectivity index (χ4n) is 0.580. The van der Waals surface area contributed by atoms with Crippen LogP contribution in [-0.4, -0.2) is 18.9 Å². The lowest BCUT2D eigenvalue weighted by molar-refractivity contribution is -0.108. The van der Waals surface area contributed by atoms with Crippen LogP contribution in [0, 0.1) is 0 Å². The van der Waals surface area contributed by atoms with Gasteiger partial charge in [-0.1, -0.05) is 12.2 Å².